The Labute approximate surface area is 165 Å². The molecule has 0 fully saturated rings. The molecule has 0 N–H and O–H groups in total. The summed E-state index contributed by atoms with van der Waals surface area (Å²) in [6.07, 6.45) is 0.262. The van der Waals surface area contributed by atoms with Gasteiger partial charge in [0, 0.05) is 22.9 Å². The lowest BCUT2D eigenvalue weighted by atomic mass is 9.78. The van der Waals surface area contributed by atoms with Crippen molar-refractivity contribution in [1.29, 1.82) is 5.26 Å². The highest BCUT2D eigenvalue weighted by Crippen LogP contribution is 2.36. The van der Waals surface area contributed by atoms with E-state index in [1.807, 2.05) is 61.5 Å². The standard InChI is InChI=1S/C24H20ClNO/c1-17-7-9-19(10-8-17)22(23(16-26)18-5-3-2-4-6-18)15-24(27)20-11-13-21(25)14-12-20/h2-14,22-23H,15H2,1H3. The predicted molar refractivity (Wildman–Crippen MR) is 109 cm³/mol. The molecule has 0 saturated carbocycles. The van der Waals surface area contributed by atoms with Gasteiger partial charge in [-0.1, -0.05) is 71.8 Å². The lowest BCUT2D eigenvalue weighted by Gasteiger charge is -2.23. The lowest BCUT2D eigenvalue weighted by Crippen LogP contribution is -2.15. The molecule has 0 radical (unpaired) electrons. The number of rotatable bonds is 6. The second-order valence-corrected chi connectivity index (χ2v) is 7.11. The molecule has 0 spiro atoms. The average Bonchev–Trinajstić information content (AvgIpc) is 2.70. The third-order valence-electron chi connectivity index (χ3n) is 4.78. The van der Waals surface area contributed by atoms with Crippen molar-refractivity contribution in [2.45, 2.75) is 25.2 Å². The van der Waals surface area contributed by atoms with Crippen molar-refractivity contribution >= 4 is 17.4 Å². The van der Waals surface area contributed by atoms with E-state index >= 15 is 0 Å². The molecular formula is C24H20ClNO. The van der Waals surface area contributed by atoms with Crippen LogP contribution in [0.5, 0.6) is 0 Å². The van der Waals surface area contributed by atoms with Crippen LogP contribution in [0.3, 0.4) is 0 Å². The number of carbonyl (C=O) groups excluding carboxylic acids is 1. The molecule has 0 aliphatic rings. The fourth-order valence-corrected chi connectivity index (χ4v) is 3.38. The molecule has 2 atom stereocenters. The number of aryl methyl sites for hydroxylation is 1. The van der Waals surface area contributed by atoms with E-state index in [4.69, 9.17) is 11.6 Å². The van der Waals surface area contributed by atoms with Crippen LogP contribution in [0, 0.1) is 18.3 Å². The maximum absolute atomic E-state index is 12.9. The fourth-order valence-electron chi connectivity index (χ4n) is 3.25. The zero-order chi connectivity index (χ0) is 19.2. The van der Waals surface area contributed by atoms with Crippen LogP contribution in [0.25, 0.3) is 0 Å². The summed E-state index contributed by atoms with van der Waals surface area (Å²) in [6, 6.07) is 27.1. The smallest absolute Gasteiger partial charge is 0.163 e. The van der Waals surface area contributed by atoms with Gasteiger partial charge in [-0.05, 0) is 42.3 Å². The molecule has 3 aromatic carbocycles. The zero-order valence-corrected chi connectivity index (χ0v) is 15.9. The number of halogens is 1. The topological polar surface area (TPSA) is 40.9 Å². The van der Waals surface area contributed by atoms with Crippen LogP contribution in [-0.2, 0) is 0 Å². The average molecular weight is 374 g/mol. The van der Waals surface area contributed by atoms with Gasteiger partial charge < -0.3 is 0 Å². The van der Waals surface area contributed by atoms with Crippen LogP contribution >= 0.6 is 11.6 Å². The zero-order valence-electron chi connectivity index (χ0n) is 15.1. The number of hydrogen-bond donors (Lipinski definition) is 0. The molecule has 2 unspecified atom stereocenters. The second-order valence-electron chi connectivity index (χ2n) is 6.67. The molecular weight excluding hydrogens is 354 g/mol. The lowest BCUT2D eigenvalue weighted by molar-refractivity contribution is 0.0972. The summed E-state index contributed by atoms with van der Waals surface area (Å²) in [5.74, 6) is -0.611. The van der Waals surface area contributed by atoms with E-state index in [0.717, 1.165) is 16.7 Å². The Morgan fingerprint density at radius 2 is 1.56 bits per heavy atom. The molecule has 0 heterocycles. The Morgan fingerprint density at radius 3 is 2.15 bits per heavy atom. The Balaban J connectivity index is 1.96. The first kappa shape index (κ1) is 18.9. The van der Waals surface area contributed by atoms with Crippen LogP contribution in [0.2, 0.25) is 5.02 Å². The van der Waals surface area contributed by atoms with Crippen molar-refractivity contribution in [2.24, 2.45) is 0 Å². The van der Waals surface area contributed by atoms with Gasteiger partial charge in [-0.15, -0.1) is 0 Å². The summed E-state index contributed by atoms with van der Waals surface area (Å²) < 4.78 is 0. The van der Waals surface area contributed by atoms with Crippen LogP contribution in [-0.4, -0.2) is 5.78 Å². The highest BCUT2D eigenvalue weighted by Gasteiger charge is 2.27. The molecule has 2 nitrogen and oxygen atoms in total. The summed E-state index contributed by atoms with van der Waals surface area (Å²) in [6.45, 7) is 2.02. The third-order valence-corrected chi connectivity index (χ3v) is 5.03. The summed E-state index contributed by atoms with van der Waals surface area (Å²) >= 11 is 5.93. The molecule has 0 bridgehead atoms. The van der Waals surface area contributed by atoms with E-state index in [0.29, 0.717) is 10.6 Å². The number of Topliss-reactive ketones (excluding diaryl/α,β-unsaturated/α-hetero) is 1. The number of nitriles is 1. The third kappa shape index (κ3) is 4.64. The molecule has 3 heteroatoms. The second kappa shape index (κ2) is 8.66. The van der Waals surface area contributed by atoms with E-state index in [1.54, 1.807) is 24.3 Å². The fraction of sp³-hybridized carbons (Fsp3) is 0.167. The monoisotopic (exact) mass is 373 g/mol. The first-order valence-electron chi connectivity index (χ1n) is 8.88. The highest BCUT2D eigenvalue weighted by molar-refractivity contribution is 6.30. The minimum atomic E-state index is -0.398. The summed E-state index contributed by atoms with van der Waals surface area (Å²) in [5, 5.41) is 10.5. The van der Waals surface area contributed by atoms with Gasteiger partial charge in [0.25, 0.3) is 0 Å². The van der Waals surface area contributed by atoms with Gasteiger partial charge in [-0.25, -0.2) is 0 Å². The molecule has 0 aliphatic carbocycles. The minimum Gasteiger partial charge on any atom is -0.294 e. The molecule has 0 amide bonds. The minimum absolute atomic E-state index is 0.00780. The normalized spacial score (nSPS) is 12.8. The maximum Gasteiger partial charge on any atom is 0.163 e. The first-order chi connectivity index (χ1) is 13.1. The summed E-state index contributed by atoms with van der Waals surface area (Å²) in [4.78, 5) is 12.9. The van der Waals surface area contributed by atoms with Crippen molar-refractivity contribution < 1.29 is 4.79 Å². The number of benzene rings is 3. The number of carbonyl (C=O) groups is 1. The van der Waals surface area contributed by atoms with Gasteiger partial charge in [0.1, 0.15) is 0 Å². The molecule has 0 aromatic heterocycles. The van der Waals surface area contributed by atoms with Crippen molar-refractivity contribution in [3.8, 4) is 6.07 Å². The molecule has 0 aliphatic heterocycles. The molecule has 3 aromatic rings. The quantitative estimate of drug-likeness (QED) is 0.475. The maximum atomic E-state index is 12.9. The number of nitrogens with zero attached hydrogens (tertiary/aromatic N) is 1. The van der Waals surface area contributed by atoms with Crippen LogP contribution in [0.4, 0.5) is 0 Å². The van der Waals surface area contributed by atoms with E-state index in [9.17, 15) is 10.1 Å². The summed E-state index contributed by atoms with van der Waals surface area (Å²) in [7, 11) is 0. The van der Waals surface area contributed by atoms with Gasteiger partial charge >= 0.3 is 0 Å². The molecule has 27 heavy (non-hydrogen) atoms. The van der Waals surface area contributed by atoms with Crippen molar-refractivity contribution in [1.82, 2.24) is 0 Å². The molecule has 3 rings (SSSR count). The number of ketones is 1. The first-order valence-corrected chi connectivity index (χ1v) is 9.26. The van der Waals surface area contributed by atoms with Gasteiger partial charge in [0.15, 0.2) is 5.78 Å². The van der Waals surface area contributed by atoms with Gasteiger partial charge in [0.05, 0.1) is 12.0 Å². The molecule has 0 saturated heterocycles. The van der Waals surface area contributed by atoms with Gasteiger partial charge in [-0.3, -0.25) is 4.79 Å². The largest absolute Gasteiger partial charge is 0.294 e. The van der Waals surface area contributed by atoms with E-state index < -0.39 is 5.92 Å². The Kier molecular flexibility index (Phi) is 6.06. The van der Waals surface area contributed by atoms with E-state index in [1.165, 1.54) is 0 Å². The Morgan fingerprint density at radius 1 is 0.926 bits per heavy atom. The summed E-state index contributed by atoms with van der Waals surface area (Å²) in [5.41, 5.74) is 3.68. The SMILES string of the molecule is Cc1ccc(C(CC(=O)c2ccc(Cl)cc2)C(C#N)c2ccccc2)cc1. The van der Waals surface area contributed by atoms with E-state index in [2.05, 4.69) is 6.07 Å². The van der Waals surface area contributed by atoms with Crippen molar-refractivity contribution in [2.75, 3.05) is 0 Å². The predicted octanol–water partition coefficient (Wildman–Crippen LogP) is 6.31. The Bertz CT molecular complexity index is 940. The molecule has 134 valence electrons. The highest BCUT2D eigenvalue weighted by atomic mass is 35.5. The van der Waals surface area contributed by atoms with E-state index in [-0.39, 0.29) is 18.1 Å². The van der Waals surface area contributed by atoms with Crippen molar-refractivity contribution in [3.05, 3.63) is 106 Å². The number of hydrogen-bond acceptors (Lipinski definition) is 2. The van der Waals surface area contributed by atoms with Crippen LogP contribution in [0.15, 0.2) is 78.9 Å². The van der Waals surface area contributed by atoms with Crippen LogP contribution < -0.4 is 0 Å². The van der Waals surface area contributed by atoms with Crippen LogP contribution in [0.1, 0.15) is 45.3 Å². The van der Waals surface area contributed by atoms with Gasteiger partial charge in [-0.2, -0.15) is 5.26 Å². The Hall–Kier alpha value is -2.89. The van der Waals surface area contributed by atoms with Crippen molar-refractivity contribution in [3.63, 3.8) is 0 Å². The van der Waals surface area contributed by atoms with Gasteiger partial charge in [0.2, 0.25) is 0 Å².